The molecule has 136 valence electrons. The third kappa shape index (κ3) is 10.4. The minimum absolute atomic E-state index is 0. The van der Waals surface area contributed by atoms with E-state index >= 15 is 0 Å². The summed E-state index contributed by atoms with van der Waals surface area (Å²) in [5, 5.41) is 7.78. The Balaban J connectivity index is 0.00000312. The predicted octanol–water partition coefficient (Wildman–Crippen LogP) is -1.64. The number of hydrogen-bond donors (Lipinski definition) is 2. The zero-order valence-corrected chi connectivity index (χ0v) is 18.7. The summed E-state index contributed by atoms with van der Waals surface area (Å²) in [7, 11) is 0. The Morgan fingerprint density at radius 3 is 2.36 bits per heavy atom. The molecule has 0 spiro atoms. The topological polar surface area (TPSA) is 73.9 Å². The summed E-state index contributed by atoms with van der Waals surface area (Å²) >= 11 is 0. The van der Waals surface area contributed by atoms with Crippen molar-refractivity contribution in [1.29, 1.82) is 0 Å². The van der Waals surface area contributed by atoms with Crippen LogP contribution in [0.25, 0.3) is 5.32 Å². The van der Waals surface area contributed by atoms with Crippen molar-refractivity contribution in [3.8, 4) is 0 Å². The van der Waals surface area contributed by atoms with Crippen molar-refractivity contribution >= 4 is 5.69 Å². The van der Waals surface area contributed by atoms with Gasteiger partial charge in [-0.05, 0) is 43.8 Å². The number of benzene rings is 1. The van der Waals surface area contributed by atoms with Gasteiger partial charge in [0.1, 0.15) is 0 Å². The van der Waals surface area contributed by atoms with Crippen LogP contribution >= 0.6 is 0 Å². The standard InChI is InChI=1S/C18H31N4O2.K/c19-6-1-12-23-14-15-24-13-9-21-16-17-2-4-18(5-3-17)22-10-7-20-8-11-22;/h2-5,21H,1,6-16,19H2;/q-1;+1. The van der Waals surface area contributed by atoms with Crippen molar-refractivity contribution in [1.82, 2.24) is 5.32 Å². The second kappa shape index (κ2) is 15.5. The largest absolute Gasteiger partial charge is 1.00 e. The minimum Gasteiger partial charge on any atom is -0.659 e. The van der Waals surface area contributed by atoms with Crippen LogP contribution in [0.4, 0.5) is 5.69 Å². The maximum atomic E-state index is 5.52. The summed E-state index contributed by atoms with van der Waals surface area (Å²) in [6.07, 6.45) is 0.910. The molecule has 0 unspecified atom stereocenters. The molecule has 0 saturated carbocycles. The number of rotatable bonds is 12. The molecular formula is C18H31KN4O2. The summed E-state index contributed by atoms with van der Waals surface area (Å²) < 4.78 is 10.9. The van der Waals surface area contributed by atoms with Crippen molar-refractivity contribution in [2.24, 2.45) is 5.73 Å². The van der Waals surface area contributed by atoms with Crippen LogP contribution in [0.1, 0.15) is 12.0 Å². The number of nitrogens with two attached hydrogens (primary N) is 1. The first-order valence-electron chi connectivity index (χ1n) is 8.93. The average Bonchev–Trinajstić information content (AvgIpc) is 2.64. The fourth-order valence-corrected chi connectivity index (χ4v) is 2.57. The molecule has 6 nitrogen and oxygen atoms in total. The molecule has 3 N–H and O–H groups in total. The van der Waals surface area contributed by atoms with Gasteiger partial charge in [0.25, 0.3) is 0 Å². The molecule has 1 fully saturated rings. The van der Waals surface area contributed by atoms with Crippen LogP contribution in [-0.4, -0.2) is 65.7 Å². The van der Waals surface area contributed by atoms with Crippen LogP contribution in [-0.2, 0) is 16.0 Å². The van der Waals surface area contributed by atoms with E-state index in [4.69, 9.17) is 15.2 Å². The zero-order chi connectivity index (χ0) is 16.9. The summed E-state index contributed by atoms with van der Waals surface area (Å²) in [4.78, 5) is 2.40. The summed E-state index contributed by atoms with van der Waals surface area (Å²) in [6, 6.07) is 8.80. The average molecular weight is 375 g/mol. The molecule has 1 aromatic carbocycles. The molecule has 1 aromatic rings. The van der Waals surface area contributed by atoms with Crippen molar-refractivity contribution in [2.75, 3.05) is 70.6 Å². The van der Waals surface area contributed by atoms with E-state index in [9.17, 15) is 0 Å². The quantitative estimate of drug-likeness (QED) is 0.339. The molecule has 0 atom stereocenters. The van der Waals surface area contributed by atoms with E-state index < -0.39 is 0 Å². The SMILES string of the molecule is NCCCOCCOCCNCc1ccc(N2CC[N-]CC2)cc1.[K+]. The third-order valence-electron chi connectivity index (χ3n) is 3.97. The first kappa shape index (κ1) is 23.5. The second-order valence-electron chi connectivity index (χ2n) is 5.87. The van der Waals surface area contributed by atoms with Gasteiger partial charge in [-0.1, -0.05) is 12.1 Å². The zero-order valence-electron chi connectivity index (χ0n) is 15.6. The van der Waals surface area contributed by atoms with Gasteiger partial charge in [0.2, 0.25) is 0 Å². The van der Waals surface area contributed by atoms with E-state index in [1.54, 1.807) is 0 Å². The predicted molar refractivity (Wildman–Crippen MR) is 98.8 cm³/mol. The van der Waals surface area contributed by atoms with Gasteiger partial charge in [0.15, 0.2) is 0 Å². The molecule has 0 bridgehead atoms. The van der Waals surface area contributed by atoms with Gasteiger partial charge in [-0.15, -0.1) is 13.1 Å². The molecule has 2 rings (SSSR count). The molecule has 25 heavy (non-hydrogen) atoms. The van der Waals surface area contributed by atoms with E-state index in [1.807, 2.05) is 0 Å². The van der Waals surface area contributed by atoms with Crippen LogP contribution in [0.3, 0.4) is 0 Å². The maximum absolute atomic E-state index is 5.52. The van der Waals surface area contributed by atoms with E-state index in [-0.39, 0.29) is 51.4 Å². The molecule has 0 amide bonds. The Bertz CT molecular complexity index is 428. The molecular weight excluding hydrogens is 343 g/mol. The third-order valence-corrected chi connectivity index (χ3v) is 3.97. The maximum Gasteiger partial charge on any atom is 1.00 e. The Morgan fingerprint density at radius 2 is 1.68 bits per heavy atom. The number of anilines is 1. The van der Waals surface area contributed by atoms with Crippen molar-refractivity contribution in [3.63, 3.8) is 0 Å². The molecule has 1 aliphatic heterocycles. The molecule has 0 radical (unpaired) electrons. The number of nitrogens with zero attached hydrogens (tertiary/aromatic N) is 2. The van der Waals surface area contributed by atoms with Gasteiger partial charge >= 0.3 is 51.4 Å². The fraction of sp³-hybridized carbons (Fsp3) is 0.667. The van der Waals surface area contributed by atoms with Gasteiger partial charge in [-0.25, -0.2) is 0 Å². The van der Waals surface area contributed by atoms with Crippen LogP contribution in [0, 0.1) is 0 Å². The Morgan fingerprint density at radius 1 is 1.00 bits per heavy atom. The molecule has 1 heterocycles. The first-order chi connectivity index (χ1) is 11.9. The number of piperazine rings is 1. The number of ether oxygens (including phenoxy) is 2. The van der Waals surface area contributed by atoms with E-state index in [1.165, 1.54) is 11.3 Å². The molecule has 7 heteroatoms. The smallest absolute Gasteiger partial charge is 0.659 e. The second-order valence-corrected chi connectivity index (χ2v) is 5.87. The van der Waals surface area contributed by atoms with Crippen molar-refractivity contribution in [3.05, 3.63) is 35.1 Å². The van der Waals surface area contributed by atoms with Gasteiger partial charge in [-0.3, -0.25) is 0 Å². The monoisotopic (exact) mass is 374 g/mol. The fourth-order valence-electron chi connectivity index (χ4n) is 2.57. The Hall–Kier alpha value is 0.456. The molecule has 0 aromatic heterocycles. The molecule has 1 saturated heterocycles. The number of nitrogens with one attached hydrogen (secondary N) is 1. The summed E-state index contributed by atoms with van der Waals surface area (Å²) in [6.45, 7) is 9.06. The van der Waals surface area contributed by atoms with Crippen LogP contribution in [0.15, 0.2) is 24.3 Å². The van der Waals surface area contributed by atoms with Crippen molar-refractivity contribution < 1.29 is 60.9 Å². The minimum atomic E-state index is 0. The first-order valence-corrected chi connectivity index (χ1v) is 8.93. The molecule has 1 aliphatic rings. The van der Waals surface area contributed by atoms with Crippen molar-refractivity contribution in [2.45, 2.75) is 13.0 Å². The van der Waals surface area contributed by atoms with Gasteiger partial charge < -0.3 is 30.7 Å². The van der Waals surface area contributed by atoms with Gasteiger partial charge in [-0.2, -0.15) is 0 Å². The molecule has 0 aliphatic carbocycles. The van der Waals surface area contributed by atoms with E-state index in [0.29, 0.717) is 26.4 Å². The van der Waals surface area contributed by atoms with E-state index in [2.05, 4.69) is 39.8 Å². The Kier molecular flexibility index (Phi) is 14.6. The number of hydrogen-bond acceptors (Lipinski definition) is 5. The summed E-state index contributed by atoms with van der Waals surface area (Å²) in [5.74, 6) is 0. The van der Waals surface area contributed by atoms with Crippen LogP contribution in [0.5, 0.6) is 0 Å². The van der Waals surface area contributed by atoms with E-state index in [0.717, 1.165) is 52.3 Å². The van der Waals surface area contributed by atoms with Gasteiger partial charge in [0, 0.05) is 25.4 Å². The summed E-state index contributed by atoms with van der Waals surface area (Å²) in [5.41, 5.74) is 7.99. The van der Waals surface area contributed by atoms with Crippen LogP contribution in [0.2, 0.25) is 0 Å². The normalized spacial score (nSPS) is 14.4. The Labute approximate surface area is 194 Å². The van der Waals surface area contributed by atoms with Crippen LogP contribution < -0.4 is 67.3 Å². The van der Waals surface area contributed by atoms with Gasteiger partial charge in [0.05, 0.1) is 19.8 Å².